The molecule has 4 rings (SSSR count). The van der Waals surface area contributed by atoms with Gasteiger partial charge in [0.1, 0.15) is 11.6 Å². The van der Waals surface area contributed by atoms with Gasteiger partial charge < -0.3 is 9.88 Å². The molecule has 2 aromatic heterocycles. The minimum atomic E-state index is -0.550. The van der Waals surface area contributed by atoms with E-state index in [-0.39, 0.29) is 23.5 Å². The number of aromatic nitrogens is 2. The van der Waals surface area contributed by atoms with Crippen LogP contribution < -0.4 is 5.56 Å². The highest BCUT2D eigenvalue weighted by atomic mass is 19.1. The molecule has 1 aliphatic heterocycles. The lowest BCUT2D eigenvalue weighted by molar-refractivity contribution is -0.130. The van der Waals surface area contributed by atoms with Crippen molar-refractivity contribution in [3.8, 4) is 0 Å². The molecule has 0 atom stereocenters. The Kier molecular flexibility index (Phi) is 5.44. The van der Waals surface area contributed by atoms with Crippen molar-refractivity contribution in [2.75, 3.05) is 13.1 Å². The van der Waals surface area contributed by atoms with Crippen molar-refractivity contribution in [2.24, 2.45) is 0 Å². The van der Waals surface area contributed by atoms with Gasteiger partial charge in [0.25, 0.3) is 5.56 Å². The highest BCUT2D eigenvalue weighted by Gasteiger charge is 2.19. The normalized spacial score (nSPS) is 14.1. The molecule has 154 valence electrons. The van der Waals surface area contributed by atoms with Crippen LogP contribution in [0.4, 0.5) is 8.78 Å². The van der Waals surface area contributed by atoms with Gasteiger partial charge in [0.2, 0.25) is 5.91 Å². The Balaban J connectivity index is 1.42. The molecule has 0 bridgehead atoms. The second-order valence-corrected chi connectivity index (χ2v) is 7.46. The van der Waals surface area contributed by atoms with E-state index in [2.05, 4.69) is 9.97 Å². The molecule has 0 fully saturated rings. The van der Waals surface area contributed by atoms with Crippen LogP contribution in [-0.2, 0) is 11.2 Å². The zero-order valence-electron chi connectivity index (χ0n) is 16.5. The van der Waals surface area contributed by atoms with E-state index >= 15 is 0 Å². The van der Waals surface area contributed by atoms with E-state index in [1.165, 1.54) is 18.3 Å². The minimum Gasteiger partial charge on any atom is -0.339 e. The van der Waals surface area contributed by atoms with Gasteiger partial charge in [0, 0.05) is 25.2 Å². The molecule has 1 aromatic carbocycles. The van der Waals surface area contributed by atoms with Crippen LogP contribution in [-0.4, -0.2) is 33.9 Å². The predicted molar refractivity (Wildman–Crippen MR) is 111 cm³/mol. The number of benzene rings is 1. The molecule has 0 unspecified atom stereocenters. The van der Waals surface area contributed by atoms with Crippen LogP contribution in [0.5, 0.6) is 0 Å². The highest BCUT2D eigenvalue weighted by molar-refractivity contribution is 5.85. The number of H-pyrrole nitrogens is 1. The number of nitrogens with zero attached hydrogens (tertiary/aromatic N) is 2. The van der Waals surface area contributed by atoms with Crippen LogP contribution in [0.3, 0.4) is 0 Å². The van der Waals surface area contributed by atoms with Gasteiger partial charge in [-0.3, -0.25) is 14.6 Å². The van der Waals surface area contributed by atoms with Crippen molar-refractivity contribution >= 4 is 22.3 Å². The van der Waals surface area contributed by atoms with E-state index in [1.807, 2.05) is 13.0 Å². The number of carbonyl (C=O) groups excluding carboxylic acids is 1. The molecule has 0 spiro atoms. The van der Waals surface area contributed by atoms with E-state index < -0.39 is 11.4 Å². The van der Waals surface area contributed by atoms with Gasteiger partial charge >= 0.3 is 0 Å². The Morgan fingerprint density at radius 2 is 2.07 bits per heavy atom. The van der Waals surface area contributed by atoms with Gasteiger partial charge in [-0.15, -0.1) is 0 Å². The van der Waals surface area contributed by atoms with Crippen LogP contribution in [0.2, 0.25) is 0 Å². The molecule has 3 heterocycles. The summed E-state index contributed by atoms with van der Waals surface area (Å²) in [5.74, 6) is -0.947. The summed E-state index contributed by atoms with van der Waals surface area (Å²) in [6.07, 6.45) is 4.38. The van der Waals surface area contributed by atoms with Crippen LogP contribution in [0.15, 0.2) is 47.4 Å². The molecule has 7 heteroatoms. The number of nitrogens with one attached hydrogen (secondary N) is 1. The fourth-order valence-corrected chi connectivity index (χ4v) is 3.76. The summed E-state index contributed by atoms with van der Waals surface area (Å²) in [6, 6.07) is 7.68. The average Bonchev–Trinajstić information content (AvgIpc) is 2.75. The zero-order chi connectivity index (χ0) is 21.3. The number of fused-ring (bicyclic) bond motifs is 1. The third-order valence-corrected chi connectivity index (χ3v) is 5.46. The summed E-state index contributed by atoms with van der Waals surface area (Å²) < 4.78 is 27.0. The zero-order valence-corrected chi connectivity index (χ0v) is 16.5. The summed E-state index contributed by atoms with van der Waals surface area (Å²) in [4.78, 5) is 33.4. The Labute approximate surface area is 172 Å². The maximum absolute atomic E-state index is 14.0. The number of aryl methyl sites for hydroxylation is 2. The first-order chi connectivity index (χ1) is 14.4. The second kappa shape index (κ2) is 8.18. The van der Waals surface area contributed by atoms with E-state index in [0.29, 0.717) is 37.0 Å². The molecule has 1 aliphatic rings. The first kappa shape index (κ1) is 19.9. The van der Waals surface area contributed by atoms with E-state index in [1.54, 1.807) is 23.1 Å². The van der Waals surface area contributed by atoms with Gasteiger partial charge in [-0.1, -0.05) is 12.1 Å². The lowest BCUT2D eigenvalue weighted by Crippen LogP contribution is -2.35. The Bertz CT molecular complexity index is 1200. The third-order valence-electron chi connectivity index (χ3n) is 5.46. The first-order valence-corrected chi connectivity index (χ1v) is 9.82. The van der Waals surface area contributed by atoms with E-state index in [9.17, 15) is 18.4 Å². The number of hydrogen-bond donors (Lipinski definition) is 1. The number of halogens is 2. The summed E-state index contributed by atoms with van der Waals surface area (Å²) >= 11 is 0. The largest absolute Gasteiger partial charge is 0.339 e. The van der Waals surface area contributed by atoms with Crippen molar-refractivity contribution in [3.05, 3.63) is 81.5 Å². The number of carbonyl (C=O) groups is 1. The van der Waals surface area contributed by atoms with Gasteiger partial charge in [-0.05, 0) is 60.6 Å². The summed E-state index contributed by atoms with van der Waals surface area (Å²) in [6.45, 7) is 2.85. The number of pyridine rings is 2. The van der Waals surface area contributed by atoms with Crippen LogP contribution in [0, 0.1) is 18.6 Å². The topological polar surface area (TPSA) is 66.1 Å². The second-order valence-electron chi connectivity index (χ2n) is 7.46. The van der Waals surface area contributed by atoms with Crippen molar-refractivity contribution < 1.29 is 13.6 Å². The molecule has 30 heavy (non-hydrogen) atoms. The van der Waals surface area contributed by atoms with Gasteiger partial charge in [-0.2, -0.15) is 0 Å². The Morgan fingerprint density at radius 1 is 1.23 bits per heavy atom. The molecule has 0 aliphatic carbocycles. The molecule has 1 N–H and O–H groups in total. The lowest BCUT2D eigenvalue weighted by atomic mass is 10.0. The number of amides is 1. The van der Waals surface area contributed by atoms with E-state index in [4.69, 9.17) is 0 Å². The quantitative estimate of drug-likeness (QED) is 0.714. The molecule has 0 saturated heterocycles. The van der Waals surface area contributed by atoms with Crippen molar-refractivity contribution in [2.45, 2.75) is 26.2 Å². The maximum Gasteiger partial charge on any atom is 0.259 e. The SMILES string of the molecule is Cc1ccc(F)c2c(=O)[nH]c(CCC(=O)N3CC=C(c4ccc(F)cn4)CC3)cc12. The maximum atomic E-state index is 14.0. The number of rotatable bonds is 4. The molecule has 0 saturated carbocycles. The van der Waals surface area contributed by atoms with Crippen molar-refractivity contribution in [1.29, 1.82) is 0 Å². The van der Waals surface area contributed by atoms with Crippen molar-refractivity contribution in [1.82, 2.24) is 14.9 Å². The number of hydrogen-bond acceptors (Lipinski definition) is 3. The molecule has 0 radical (unpaired) electrons. The summed E-state index contributed by atoms with van der Waals surface area (Å²) in [5, 5.41) is 0.617. The first-order valence-electron chi connectivity index (χ1n) is 9.82. The third kappa shape index (κ3) is 4.01. The fourth-order valence-electron chi connectivity index (χ4n) is 3.76. The van der Waals surface area contributed by atoms with Crippen LogP contribution in [0.25, 0.3) is 16.3 Å². The van der Waals surface area contributed by atoms with E-state index in [0.717, 1.165) is 16.8 Å². The summed E-state index contributed by atoms with van der Waals surface area (Å²) in [7, 11) is 0. The van der Waals surface area contributed by atoms with Crippen molar-refractivity contribution in [3.63, 3.8) is 0 Å². The van der Waals surface area contributed by atoms with Gasteiger partial charge in [-0.25, -0.2) is 8.78 Å². The molecular formula is C23H21F2N3O2. The van der Waals surface area contributed by atoms with Gasteiger partial charge in [0.05, 0.1) is 17.3 Å². The monoisotopic (exact) mass is 409 g/mol. The number of aromatic amines is 1. The van der Waals surface area contributed by atoms with Gasteiger partial charge in [0.15, 0.2) is 0 Å². The minimum absolute atomic E-state index is 0.0192. The average molecular weight is 409 g/mol. The highest BCUT2D eigenvalue weighted by Crippen LogP contribution is 2.22. The smallest absolute Gasteiger partial charge is 0.259 e. The Hall–Kier alpha value is -3.35. The molecule has 3 aromatic rings. The fraction of sp³-hybridized carbons (Fsp3) is 0.261. The Morgan fingerprint density at radius 3 is 2.77 bits per heavy atom. The molecular weight excluding hydrogens is 388 g/mol. The van der Waals surface area contributed by atoms with Crippen LogP contribution in [0.1, 0.15) is 29.8 Å². The lowest BCUT2D eigenvalue weighted by Gasteiger charge is -2.26. The predicted octanol–water partition coefficient (Wildman–Crippen LogP) is 3.76. The van der Waals surface area contributed by atoms with Crippen LogP contribution >= 0.6 is 0 Å². The standard InChI is InChI=1S/C23H21F2N3O2/c1-14-2-5-19(25)22-18(14)12-17(27-23(22)30)4-7-21(29)28-10-8-15(9-11-28)20-6-3-16(24)13-26-20/h2-3,5-6,8,12-13H,4,7,9-11H2,1H3,(H,27,30). The summed E-state index contributed by atoms with van der Waals surface area (Å²) in [5.41, 5.74) is 2.66. The molecule has 5 nitrogen and oxygen atoms in total. The molecule has 1 amide bonds.